The molecular weight excluding hydrogens is 492 g/mol. The topological polar surface area (TPSA) is 76.2 Å². The van der Waals surface area contributed by atoms with Crippen LogP contribution in [-0.4, -0.2) is 23.7 Å². The summed E-state index contributed by atoms with van der Waals surface area (Å²) in [5.41, 5.74) is 3.57. The van der Waals surface area contributed by atoms with Crippen molar-refractivity contribution >= 4 is 29.0 Å². The summed E-state index contributed by atoms with van der Waals surface area (Å²) in [7, 11) is 0. The first-order chi connectivity index (χ1) is 19.0. The van der Waals surface area contributed by atoms with E-state index in [1.54, 1.807) is 29.3 Å². The van der Waals surface area contributed by atoms with E-state index in [1.165, 1.54) is 11.8 Å². The number of Topliss-reactive ketones (excluding diaryl/α,β-unsaturated/α-hetero) is 1. The molecule has 2 saturated heterocycles. The second kappa shape index (κ2) is 10.2. The van der Waals surface area contributed by atoms with Crippen molar-refractivity contribution in [3.05, 3.63) is 126 Å². The normalized spacial score (nSPS) is 20.3. The van der Waals surface area contributed by atoms with Gasteiger partial charge >= 0.3 is 0 Å². The lowest BCUT2D eigenvalue weighted by Gasteiger charge is -2.29. The number of ether oxygens (including phenoxy) is 1. The van der Waals surface area contributed by atoms with Crippen LogP contribution in [0.5, 0.6) is 5.75 Å². The molecule has 6 rings (SSSR count). The van der Waals surface area contributed by atoms with Crippen molar-refractivity contribution < 1.29 is 24.0 Å². The molecule has 2 amide bonds. The van der Waals surface area contributed by atoms with Crippen molar-refractivity contribution in [1.29, 1.82) is 0 Å². The highest BCUT2D eigenvalue weighted by Crippen LogP contribution is 2.47. The van der Waals surface area contributed by atoms with Crippen LogP contribution in [0.25, 0.3) is 0 Å². The van der Waals surface area contributed by atoms with Crippen molar-refractivity contribution in [1.82, 2.24) is 0 Å². The molecule has 0 N–H and O–H groups in total. The summed E-state index contributed by atoms with van der Waals surface area (Å²) in [6, 6.07) is 32.9. The number of para-hydroxylation sites is 1. The van der Waals surface area contributed by atoms with Gasteiger partial charge in [-0.3, -0.25) is 19.2 Å². The number of amides is 2. The predicted molar refractivity (Wildman–Crippen MR) is 146 cm³/mol. The molecule has 2 heterocycles. The summed E-state index contributed by atoms with van der Waals surface area (Å²) in [5, 5.41) is 1.67. The number of carbonyl (C=O) groups excluding carboxylic acids is 3. The Labute approximate surface area is 226 Å². The molecule has 0 saturated carbocycles. The van der Waals surface area contributed by atoms with Gasteiger partial charge in [-0.1, -0.05) is 60.7 Å². The molecule has 0 aliphatic carbocycles. The lowest BCUT2D eigenvalue weighted by molar-refractivity contribution is -0.126. The van der Waals surface area contributed by atoms with E-state index in [0.29, 0.717) is 23.6 Å². The zero-order valence-corrected chi connectivity index (χ0v) is 21.3. The first kappa shape index (κ1) is 24.6. The Morgan fingerprint density at radius 3 is 2.05 bits per heavy atom. The van der Waals surface area contributed by atoms with E-state index in [-0.39, 0.29) is 11.7 Å². The summed E-state index contributed by atoms with van der Waals surface area (Å²) in [4.78, 5) is 46.4. The van der Waals surface area contributed by atoms with Gasteiger partial charge in [0.25, 0.3) is 5.91 Å². The Bertz CT molecular complexity index is 1500. The largest absolute Gasteiger partial charge is 0.489 e. The number of anilines is 2. The lowest BCUT2D eigenvalue weighted by Crippen LogP contribution is -2.37. The molecule has 4 aromatic carbocycles. The minimum absolute atomic E-state index is 0.0874. The van der Waals surface area contributed by atoms with Gasteiger partial charge in [0.1, 0.15) is 18.3 Å². The number of hydroxylamine groups is 1. The average Bonchev–Trinajstić information content (AvgIpc) is 3.49. The molecule has 39 heavy (non-hydrogen) atoms. The molecule has 0 unspecified atom stereocenters. The number of benzene rings is 4. The smallest absolute Gasteiger partial charge is 0.266 e. The highest BCUT2D eigenvalue weighted by Gasteiger charge is 2.60. The van der Waals surface area contributed by atoms with Gasteiger partial charge in [0.15, 0.2) is 11.9 Å². The summed E-state index contributed by atoms with van der Waals surface area (Å²) >= 11 is 0. The standard InChI is InChI=1S/C32H26N2O5/c1-21(35)23-12-16-25(17-13-23)33-31(36)28-29(34(39-30(28)32(33)37)26-10-6-3-7-11-26)24-14-18-27(19-15-24)38-20-22-8-4-2-5-9-22/h2-19,28-30H,20H2,1H3/t28-,29-,30-/m1/s1. The second-order valence-corrected chi connectivity index (χ2v) is 9.62. The maximum atomic E-state index is 13.8. The third kappa shape index (κ3) is 4.57. The molecule has 3 atom stereocenters. The van der Waals surface area contributed by atoms with E-state index < -0.39 is 24.0 Å². The molecular formula is C32H26N2O5. The Morgan fingerprint density at radius 1 is 0.769 bits per heavy atom. The third-order valence-corrected chi connectivity index (χ3v) is 7.13. The van der Waals surface area contributed by atoms with Crippen molar-refractivity contribution in [3.8, 4) is 5.75 Å². The lowest BCUT2D eigenvalue weighted by atomic mass is 9.90. The van der Waals surface area contributed by atoms with E-state index >= 15 is 0 Å². The van der Waals surface area contributed by atoms with Crippen LogP contribution in [0.15, 0.2) is 109 Å². The van der Waals surface area contributed by atoms with E-state index in [0.717, 1.165) is 16.8 Å². The maximum absolute atomic E-state index is 13.8. The van der Waals surface area contributed by atoms with Crippen LogP contribution in [0.3, 0.4) is 0 Å². The Kier molecular flexibility index (Phi) is 6.42. The van der Waals surface area contributed by atoms with Crippen LogP contribution in [-0.2, 0) is 21.0 Å². The van der Waals surface area contributed by atoms with Crippen molar-refractivity contribution in [3.63, 3.8) is 0 Å². The zero-order valence-electron chi connectivity index (χ0n) is 21.3. The molecule has 7 nitrogen and oxygen atoms in total. The fourth-order valence-electron chi connectivity index (χ4n) is 5.15. The summed E-state index contributed by atoms with van der Waals surface area (Å²) in [6.45, 7) is 1.91. The molecule has 2 aliphatic rings. The molecule has 2 aliphatic heterocycles. The number of hydrogen-bond donors (Lipinski definition) is 0. The maximum Gasteiger partial charge on any atom is 0.266 e. The molecule has 0 bridgehead atoms. The number of ketones is 1. The predicted octanol–water partition coefficient (Wildman–Crippen LogP) is 5.52. The molecule has 7 heteroatoms. The van der Waals surface area contributed by atoms with E-state index in [2.05, 4.69) is 0 Å². The highest BCUT2D eigenvalue weighted by atomic mass is 16.7. The van der Waals surface area contributed by atoms with Crippen LogP contribution >= 0.6 is 0 Å². The monoisotopic (exact) mass is 518 g/mol. The van der Waals surface area contributed by atoms with Gasteiger partial charge < -0.3 is 4.74 Å². The first-order valence-electron chi connectivity index (χ1n) is 12.8. The summed E-state index contributed by atoms with van der Waals surface area (Å²) in [6.07, 6.45) is -0.968. The molecule has 0 spiro atoms. The Balaban J connectivity index is 1.30. The fourth-order valence-corrected chi connectivity index (χ4v) is 5.15. The van der Waals surface area contributed by atoms with Crippen molar-refractivity contribution in [2.24, 2.45) is 5.92 Å². The Hall–Kier alpha value is -4.75. The summed E-state index contributed by atoms with van der Waals surface area (Å²) in [5.74, 6) is -0.901. The van der Waals surface area contributed by atoms with Gasteiger partial charge in [-0.05, 0) is 66.6 Å². The molecule has 194 valence electrons. The van der Waals surface area contributed by atoms with E-state index in [1.807, 2.05) is 84.9 Å². The van der Waals surface area contributed by atoms with Gasteiger partial charge in [-0.15, -0.1) is 0 Å². The van der Waals surface area contributed by atoms with Gasteiger partial charge in [-0.25, -0.2) is 9.96 Å². The van der Waals surface area contributed by atoms with Gasteiger partial charge in [0.2, 0.25) is 5.91 Å². The van der Waals surface area contributed by atoms with Crippen LogP contribution in [0.4, 0.5) is 11.4 Å². The number of hydrogen-bond acceptors (Lipinski definition) is 6. The molecule has 0 aromatic heterocycles. The van der Waals surface area contributed by atoms with Crippen LogP contribution in [0.2, 0.25) is 0 Å². The van der Waals surface area contributed by atoms with Gasteiger partial charge in [-0.2, -0.15) is 0 Å². The van der Waals surface area contributed by atoms with Crippen LogP contribution in [0.1, 0.15) is 34.5 Å². The minimum Gasteiger partial charge on any atom is -0.489 e. The number of imide groups is 1. The van der Waals surface area contributed by atoms with E-state index in [4.69, 9.17) is 9.57 Å². The molecule has 0 radical (unpaired) electrons. The van der Waals surface area contributed by atoms with Crippen molar-refractivity contribution in [2.75, 3.05) is 9.96 Å². The quantitative estimate of drug-likeness (QED) is 0.237. The first-order valence-corrected chi connectivity index (χ1v) is 12.8. The van der Waals surface area contributed by atoms with Gasteiger partial charge in [0, 0.05) is 5.56 Å². The third-order valence-electron chi connectivity index (χ3n) is 7.13. The van der Waals surface area contributed by atoms with Crippen molar-refractivity contribution in [2.45, 2.75) is 25.7 Å². The number of carbonyl (C=O) groups is 3. The molecule has 4 aromatic rings. The molecule has 2 fully saturated rings. The Morgan fingerprint density at radius 2 is 1.41 bits per heavy atom. The summed E-state index contributed by atoms with van der Waals surface area (Å²) < 4.78 is 5.95. The number of rotatable bonds is 7. The fraction of sp³-hybridized carbons (Fsp3) is 0.156. The number of fused-ring (bicyclic) bond motifs is 1. The average molecular weight is 519 g/mol. The minimum atomic E-state index is -0.968. The van der Waals surface area contributed by atoms with E-state index in [9.17, 15) is 14.4 Å². The highest BCUT2D eigenvalue weighted by molar-refractivity contribution is 6.24. The zero-order chi connectivity index (χ0) is 26.9. The SMILES string of the molecule is CC(=O)c1ccc(N2C(=O)[C@@H]3[C@@H](c4ccc(OCc5ccccc5)cc4)N(c4ccccc4)O[C@H]3C2=O)cc1. The van der Waals surface area contributed by atoms with Crippen LogP contribution < -0.4 is 14.7 Å². The van der Waals surface area contributed by atoms with Crippen LogP contribution in [0, 0.1) is 5.92 Å². The number of nitrogens with zero attached hydrogens (tertiary/aromatic N) is 2. The van der Waals surface area contributed by atoms with Gasteiger partial charge in [0.05, 0.1) is 17.4 Å². The second-order valence-electron chi connectivity index (χ2n) is 9.62.